The Balaban J connectivity index is 5.04. The van der Waals surface area contributed by atoms with Crippen LogP contribution in [-0.2, 0) is 18.7 Å². The van der Waals surface area contributed by atoms with E-state index in [9.17, 15) is 13.9 Å². The van der Waals surface area contributed by atoms with Gasteiger partial charge in [-0.25, -0.2) is 9.69 Å². The van der Waals surface area contributed by atoms with Gasteiger partial charge in [0, 0.05) is 0 Å². The molecule has 0 rings (SSSR count). The lowest BCUT2D eigenvalue weighted by Crippen LogP contribution is -2.44. The third-order valence-electron chi connectivity index (χ3n) is 1.90. The van der Waals surface area contributed by atoms with Crippen molar-refractivity contribution in [2.45, 2.75) is 12.6 Å². The van der Waals surface area contributed by atoms with E-state index < -0.39 is 40.0 Å². The monoisotopic (exact) mass is 336 g/mol. The Kier molecular flexibility index (Phi) is 8.04. The zero-order valence-corrected chi connectivity index (χ0v) is 12.2. The molecule has 0 aromatic rings. The predicted octanol–water partition coefficient (Wildman–Crippen LogP) is -1.67. The van der Waals surface area contributed by atoms with Gasteiger partial charge in [0.25, 0.3) is 0 Å². The minimum absolute atomic E-state index is 0.133. The third-order valence-corrected chi connectivity index (χ3v) is 3.36. The summed E-state index contributed by atoms with van der Waals surface area (Å²) in [6.45, 7) is 0.0651. The summed E-state index contributed by atoms with van der Waals surface area (Å²) >= 11 is 0. The summed E-state index contributed by atoms with van der Waals surface area (Å²) < 4.78 is 26.7. The molecule has 0 bridgehead atoms. The fraction of sp³-hybridized carbons (Fsp3) is 0.857. The summed E-state index contributed by atoms with van der Waals surface area (Å²) in [6, 6.07) is 0. The Hall–Kier alpha value is -0.350. The Morgan fingerprint density at radius 2 is 1.60 bits per heavy atom. The molecule has 0 amide bonds. The van der Waals surface area contributed by atoms with Gasteiger partial charge in [0.15, 0.2) is 0 Å². The van der Waals surface area contributed by atoms with Crippen molar-refractivity contribution in [1.29, 1.82) is 0 Å². The summed E-state index contributed by atoms with van der Waals surface area (Å²) in [6.07, 6.45) is -3.92. The number of carboxylic acids is 1. The highest BCUT2D eigenvalue weighted by molar-refractivity contribution is 7.52. The molecule has 0 aromatic heterocycles. The van der Waals surface area contributed by atoms with Crippen LogP contribution in [0.4, 0.5) is 0 Å². The van der Waals surface area contributed by atoms with E-state index >= 15 is 0 Å². The van der Waals surface area contributed by atoms with Crippen LogP contribution in [0.25, 0.3) is 0 Å². The fourth-order valence-corrected chi connectivity index (χ4v) is 2.88. The standard InChI is InChI=1S/C7H18N2O9P2/c8-2-1-3-18-6(7(10)11)9(4-19(12,13)14)5-20(15,16)17/h6H,1-5,8H2,(H,10,11)(H2,12,13,14)(H2,15,16,17)/t6-/m0/s1. The zero-order valence-electron chi connectivity index (χ0n) is 10.4. The normalized spacial score (nSPS) is 14.5. The number of nitrogens with zero attached hydrogens (tertiary/aromatic N) is 1. The maximum absolute atomic E-state index is 11.0. The van der Waals surface area contributed by atoms with Crippen LogP contribution >= 0.6 is 15.2 Å². The number of nitrogens with two attached hydrogens (primary N) is 1. The first kappa shape index (κ1) is 19.7. The molecule has 1 atom stereocenters. The number of hydrogen-bond donors (Lipinski definition) is 6. The molecule has 0 aromatic carbocycles. The molecule has 20 heavy (non-hydrogen) atoms. The molecule has 13 heteroatoms. The van der Waals surface area contributed by atoms with E-state index in [4.69, 9.17) is 35.2 Å². The highest BCUT2D eigenvalue weighted by Crippen LogP contribution is 2.41. The van der Waals surface area contributed by atoms with Crippen molar-refractivity contribution in [2.24, 2.45) is 5.73 Å². The SMILES string of the molecule is NCCCO[C@@H](C(=O)O)N(CP(=O)(O)O)CP(=O)(O)O. The van der Waals surface area contributed by atoms with Crippen molar-refractivity contribution in [3.8, 4) is 0 Å². The van der Waals surface area contributed by atoms with Crippen LogP contribution in [0.2, 0.25) is 0 Å². The van der Waals surface area contributed by atoms with Gasteiger partial charge in [-0.2, -0.15) is 0 Å². The van der Waals surface area contributed by atoms with Crippen LogP contribution in [0.1, 0.15) is 6.42 Å². The summed E-state index contributed by atoms with van der Waals surface area (Å²) in [7, 11) is -9.45. The molecular formula is C7H18N2O9P2. The molecule has 0 radical (unpaired) electrons. The maximum atomic E-state index is 11.0. The van der Waals surface area contributed by atoms with E-state index in [1.807, 2.05) is 0 Å². The highest BCUT2D eigenvalue weighted by atomic mass is 31.2. The van der Waals surface area contributed by atoms with Gasteiger partial charge in [-0.05, 0) is 13.0 Å². The van der Waals surface area contributed by atoms with Crippen LogP contribution in [0.5, 0.6) is 0 Å². The molecule has 11 nitrogen and oxygen atoms in total. The minimum Gasteiger partial charge on any atom is -0.478 e. The third kappa shape index (κ3) is 9.54. The van der Waals surface area contributed by atoms with Crippen molar-refractivity contribution in [3.63, 3.8) is 0 Å². The number of carboxylic acid groups (broad SMARTS) is 1. The molecule has 0 fully saturated rings. The lowest BCUT2D eigenvalue weighted by molar-refractivity contribution is -0.163. The Morgan fingerprint density at radius 3 is 1.90 bits per heavy atom. The first-order valence-corrected chi connectivity index (χ1v) is 8.93. The van der Waals surface area contributed by atoms with Gasteiger partial charge in [0.1, 0.15) is 12.6 Å². The van der Waals surface area contributed by atoms with Gasteiger partial charge in [0.05, 0.1) is 6.61 Å². The van der Waals surface area contributed by atoms with Crippen molar-refractivity contribution >= 4 is 21.2 Å². The predicted molar refractivity (Wildman–Crippen MR) is 66.7 cm³/mol. The molecule has 0 aliphatic rings. The van der Waals surface area contributed by atoms with Gasteiger partial charge < -0.3 is 35.2 Å². The van der Waals surface area contributed by atoms with E-state index in [2.05, 4.69) is 0 Å². The first-order valence-electron chi connectivity index (χ1n) is 5.34. The molecule has 0 saturated carbocycles. The quantitative estimate of drug-likeness (QED) is 0.152. The van der Waals surface area contributed by atoms with E-state index in [0.29, 0.717) is 4.90 Å². The fourth-order valence-electron chi connectivity index (χ4n) is 1.28. The first-order chi connectivity index (χ1) is 8.96. The van der Waals surface area contributed by atoms with Crippen LogP contribution < -0.4 is 5.73 Å². The molecule has 0 saturated heterocycles. The molecule has 0 aliphatic carbocycles. The molecular weight excluding hydrogens is 318 g/mol. The molecule has 0 aliphatic heterocycles. The topological polar surface area (TPSA) is 191 Å². The number of aliphatic carboxylic acids is 1. The summed E-state index contributed by atoms with van der Waals surface area (Å²) in [4.78, 5) is 46.7. The lowest BCUT2D eigenvalue weighted by atomic mass is 10.4. The Labute approximate surface area is 114 Å². The van der Waals surface area contributed by atoms with Crippen LogP contribution in [-0.4, -0.2) is 67.5 Å². The number of rotatable bonds is 10. The van der Waals surface area contributed by atoms with Gasteiger partial charge in [0.2, 0.25) is 6.23 Å². The average Bonchev–Trinajstić information content (AvgIpc) is 2.18. The Bertz CT molecular complexity index is 381. The van der Waals surface area contributed by atoms with Gasteiger partial charge >= 0.3 is 21.2 Å². The van der Waals surface area contributed by atoms with E-state index in [1.54, 1.807) is 0 Å². The Morgan fingerprint density at radius 1 is 1.15 bits per heavy atom. The number of ether oxygens (including phenoxy) is 1. The van der Waals surface area contributed by atoms with E-state index in [0.717, 1.165) is 0 Å². The van der Waals surface area contributed by atoms with Crippen LogP contribution in [0, 0.1) is 0 Å². The molecule has 0 heterocycles. The van der Waals surface area contributed by atoms with Crippen molar-refractivity contribution in [2.75, 3.05) is 25.7 Å². The smallest absolute Gasteiger partial charge is 0.348 e. The van der Waals surface area contributed by atoms with Gasteiger partial charge in [-0.15, -0.1) is 0 Å². The minimum atomic E-state index is -4.73. The van der Waals surface area contributed by atoms with Crippen molar-refractivity contribution in [1.82, 2.24) is 4.90 Å². The van der Waals surface area contributed by atoms with E-state index in [1.165, 1.54) is 0 Å². The number of carbonyl (C=O) groups is 1. The van der Waals surface area contributed by atoms with Crippen molar-refractivity contribution in [3.05, 3.63) is 0 Å². The molecule has 7 N–H and O–H groups in total. The lowest BCUT2D eigenvalue weighted by Gasteiger charge is -2.28. The van der Waals surface area contributed by atoms with Gasteiger partial charge in [-0.3, -0.25) is 9.13 Å². The second-order valence-corrected chi connectivity index (χ2v) is 7.13. The largest absolute Gasteiger partial charge is 0.478 e. The van der Waals surface area contributed by atoms with E-state index in [-0.39, 0.29) is 19.6 Å². The summed E-state index contributed by atoms with van der Waals surface area (Å²) in [5.41, 5.74) is 5.18. The average molecular weight is 336 g/mol. The van der Waals surface area contributed by atoms with Crippen molar-refractivity contribution < 1.29 is 43.3 Å². The molecule has 120 valence electrons. The van der Waals surface area contributed by atoms with Gasteiger partial charge in [-0.1, -0.05) is 0 Å². The molecule has 0 spiro atoms. The highest BCUT2D eigenvalue weighted by Gasteiger charge is 2.35. The second-order valence-electron chi connectivity index (χ2n) is 3.90. The van der Waals surface area contributed by atoms with Crippen LogP contribution in [0.15, 0.2) is 0 Å². The summed E-state index contributed by atoms with van der Waals surface area (Å²) in [5.74, 6) is -1.62. The maximum Gasteiger partial charge on any atom is 0.348 e. The summed E-state index contributed by atoms with van der Waals surface area (Å²) in [5, 5.41) is 8.93. The second kappa shape index (κ2) is 8.18. The number of hydrogen-bond acceptors (Lipinski definition) is 6. The van der Waals surface area contributed by atoms with Crippen LogP contribution in [0.3, 0.4) is 0 Å². The molecule has 0 unspecified atom stereocenters. The zero-order chi connectivity index (χ0) is 16.0.